The number of carbonyl (C=O) groups is 1. The lowest BCUT2D eigenvalue weighted by Gasteiger charge is -2.35. The largest absolute Gasteiger partial charge is 0.372 e. The third kappa shape index (κ3) is 3.51. The molecule has 0 N–H and O–H groups in total. The predicted molar refractivity (Wildman–Crippen MR) is 94.2 cm³/mol. The normalized spacial score (nSPS) is 21.8. The lowest BCUT2D eigenvalue weighted by Crippen LogP contribution is -2.48. The van der Waals surface area contributed by atoms with Gasteiger partial charge in [-0.2, -0.15) is 0 Å². The van der Waals surface area contributed by atoms with Crippen LogP contribution in [0.3, 0.4) is 0 Å². The summed E-state index contributed by atoms with van der Waals surface area (Å²) in [7, 11) is 0. The molecular weight excluding hydrogens is 330 g/mol. The molecule has 2 unspecified atom stereocenters. The number of rotatable bonds is 3. The first-order valence-corrected chi connectivity index (χ1v) is 9.52. The number of aryl methyl sites for hydroxylation is 2. The topological polar surface area (TPSA) is 55.3 Å². The first-order valence-electron chi connectivity index (χ1n) is 7.72. The van der Waals surface area contributed by atoms with Crippen molar-refractivity contribution in [2.75, 3.05) is 18.8 Å². The van der Waals surface area contributed by atoms with Crippen molar-refractivity contribution >= 4 is 39.2 Å². The molecule has 7 heteroatoms. The molecule has 23 heavy (non-hydrogen) atoms. The Kier molecular flexibility index (Phi) is 4.89. The number of carbonyl (C=O) groups excluding carboxylic acids is 1. The highest BCUT2D eigenvalue weighted by Gasteiger charge is 2.26. The van der Waals surface area contributed by atoms with E-state index < -0.39 is 0 Å². The number of fused-ring (bicyclic) bond motifs is 1. The number of aromatic nitrogens is 2. The molecule has 0 aromatic carbocycles. The Morgan fingerprint density at radius 3 is 2.74 bits per heavy atom. The molecule has 5 nitrogen and oxygen atoms in total. The Bertz CT molecular complexity index is 721. The van der Waals surface area contributed by atoms with Gasteiger partial charge in [0.2, 0.25) is 5.91 Å². The Labute approximate surface area is 144 Å². The summed E-state index contributed by atoms with van der Waals surface area (Å²) < 4.78 is 5.69. The van der Waals surface area contributed by atoms with Crippen LogP contribution < -0.4 is 0 Å². The van der Waals surface area contributed by atoms with Crippen molar-refractivity contribution in [1.82, 2.24) is 14.9 Å². The van der Waals surface area contributed by atoms with Crippen LogP contribution in [-0.4, -0.2) is 51.8 Å². The van der Waals surface area contributed by atoms with E-state index in [1.807, 2.05) is 18.7 Å². The minimum atomic E-state index is 0.0974. The zero-order chi connectivity index (χ0) is 16.6. The molecule has 0 aliphatic carbocycles. The van der Waals surface area contributed by atoms with Crippen LogP contribution in [0.5, 0.6) is 0 Å². The van der Waals surface area contributed by atoms with Crippen LogP contribution in [0.1, 0.15) is 24.3 Å². The summed E-state index contributed by atoms with van der Waals surface area (Å²) in [4.78, 5) is 25.4. The predicted octanol–water partition coefficient (Wildman–Crippen LogP) is 3.04. The van der Waals surface area contributed by atoms with E-state index in [1.54, 1.807) is 17.7 Å². The van der Waals surface area contributed by atoms with Crippen molar-refractivity contribution in [1.29, 1.82) is 0 Å². The fourth-order valence-electron chi connectivity index (χ4n) is 2.86. The van der Waals surface area contributed by atoms with Gasteiger partial charge in [0.05, 0.1) is 18.0 Å². The Balaban J connectivity index is 1.72. The van der Waals surface area contributed by atoms with Gasteiger partial charge in [0.15, 0.2) is 0 Å². The van der Waals surface area contributed by atoms with Crippen molar-refractivity contribution in [3.05, 3.63) is 16.8 Å². The third-order valence-corrected chi connectivity index (χ3v) is 6.12. The Morgan fingerprint density at radius 1 is 1.35 bits per heavy atom. The molecule has 1 fully saturated rings. The van der Waals surface area contributed by atoms with Crippen LogP contribution in [0.2, 0.25) is 0 Å². The molecule has 0 radical (unpaired) electrons. The molecule has 1 aliphatic heterocycles. The van der Waals surface area contributed by atoms with Gasteiger partial charge in [-0.25, -0.2) is 9.97 Å². The molecule has 2 atom stereocenters. The summed E-state index contributed by atoms with van der Waals surface area (Å²) in [5.74, 6) is 0.549. The van der Waals surface area contributed by atoms with E-state index in [0.717, 1.165) is 15.2 Å². The second-order valence-electron chi connectivity index (χ2n) is 5.99. The van der Waals surface area contributed by atoms with Gasteiger partial charge in [-0.1, -0.05) is 11.8 Å². The van der Waals surface area contributed by atoms with Gasteiger partial charge in [-0.3, -0.25) is 4.79 Å². The zero-order valence-electron chi connectivity index (χ0n) is 13.8. The van der Waals surface area contributed by atoms with Gasteiger partial charge >= 0.3 is 0 Å². The molecule has 3 heterocycles. The number of ether oxygens (including phenoxy) is 1. The zero-order valence-corrected chi connectivity index (χ0v) is 15.5. The van der Waals surface area contributed by atoms with E-state index in [0.29, 0.717) is 18.8 Å². The molecular formula is C16H21N3O2S2. The second-order valence-corrected chi connectivity index (χ2v) is 8.15. The number of amides is 1. The molecule has 2 aromatic heterocycles. The number of morpholine rings is 1. The van der Waals surface area contributed by atoms with E-state index >= 15 is 0 Å². The van der Waals surface area contributed by atoms with Gasteiger partial charge in [0.25, 0.3) is 0 Å². The number of nitrogens with zero attached hydrogens (tertiary/aromatic N) is 3. The highest BCUT2D eigenvalue weighted by Crippen LogP contribution is 2.34. The Hall–Kier alpha value is -1.18. The van der Waals surface area contributed by atoms with Crippen LogP contribution in [0, 0.1) is 13.8 Å². The van der Waals surface area contributed by atoms with E-state index in [4.69, 9.17) is 4.74 Å². The van der Waals surface area contributed by atoms with Crippen molar-refractivity contribution < 1.29 is 9.53 Å². The molecule has 2 aromatic rings. The van der Waals surface area contributed by atoms with Crippen LogP contribution in [0.15, 0.2) is 11.4 Å². The molecule has 1 aliphatic rings. The first-order chi connectivity index (χ1) is 11.0. The Morgan fingerprint density at radius 2 is 2.04 bits per heavy atom. The summed E-state index contributed by atoms with van der Waals surface area (Å²) >= 11 is 3.18. The first kappa shape index (κ1) is 16.7. The standard InChI is InChI=1S/C16H21N3O2S2/c1-9-5-19(6-10(2)21-9)13(20)7-22-15-14-11(3)12(4)23-16(14)18-8-17-15/h8-10H,5-7H2,1-4H3. The third-order valence-electron chi connectivity index (χ3n) is 4.04. The van der Waals surface area contributed by atoms with Gasteiger partial charge in [-0.05, 0) is 33.3 Å². The highest BCUT2D eigenvalue weighted by molar-refractivity contribution is 8.00. The fraction of sp³-hybridized carbons (Fsp3) is 0.562. The van der Waals surface area contributed by atoms with Crippen molar-refractivity contribution in [3.8, 4) is 0 Å². The van der Waals surface area contributed by atoms with Gasteiger partial charge in [-0.15, -0.1) is 11.3 Å². The van der Waals surface area contributed by atoms with E-state index in [9.17, 15) is 4.79 Å². The minimum Gasteiger partial charge on any atom is -0.372 e. The monoisotopic (exact) mass is 351 g/mol. The summed E-state index contributed by atoms with van der Waals surface area (Å²) in [6.07, 6.45) is 1.78. The van der Waals surface area contributed by atoms with Crippen LogP contribution in [-0.2, 0) is 9.53 Å². The van der Waals surface area contributed by atoms with Crippen molar-refractivity contribution in [2.24, 2.45) is 0 Å². The van der Waals surface area contributed by atoms with Gasteiger partial charge < -0.3 is 9.64 Å². The van der Waals surface area contributed by atoms with Crippen molar-refractivity contribution in [2.45, 2.75) is 44.9 Å². The summed E-state index contributed by atoms with van der Waals surface area (Å²) in [5.41, 5.74) is 1.22. The smallest absolute Gasteiger partial charge is 0.233 e. The number of thioether (sulfide) groups is 1. The quantitative estimate of drug-likeness (QED) is 0.628. The van der Waals surface area contributed by atoms with Gasteiger partial charge in [0.1, 0.15) is 16.2 Å². The fourth-order valence-corrected chi connectivity index (χ4v) is 4.88. The maximum atomic E-state index is 12.5. The maximum Gasteiger partial charge on any atom is 0.233 e. The highest BCUT2D eigenvalue weighted by atomic mass is 32.2. The van der Waals surface area contributed by atoms with Crippen LogP contribution in [0.4, 0.5) is 0 Å². The van der Waals surface area contributed by atoms with Crippen LogP contribution in [0.25, 0.3) is 10.2 Å². The van der Waals surface area contributed by atoms with Crippen molar-refractivity contribution in [3.63, 3.8) is 0 Å². The summed E-state index contributed by atoms with van der Waals surface area (Å²) in [6.45, 7) is 9.54. The molecule has 0 spiro atoms. The maximum absolute atomic E-state index is 12.5. The lowest BCUT2D eigenvalue weighted by atomic mass is 10.2. The molecule has 1 saturated heterocycles. The molecule has 1 amide bonds. The number of thiophene rings is 1. The molecule has 124 valence electrons. The van der Waals surface area contributed by atoms with E-state index in [2.05, 4.69) is 23.8 Å². The van der Waals surface area contributed by atoms with E-state index in [-0.39, 0.29) is 18.1 Å². The van der Waals surface area contributed by atoms with Gasteiger partial charge in [0, 0.05) is 23.4 Å². The molecule has 3 rings (SSSR count). The lowest BCUT2D eigenvalue weighted by molar-refractivity contribution is -0.140. The average molecular weight is 351 g/mol. The summed E-state index contributed by atoms with van der Waals surface area (Å²) in [6, 6.07) is 0. The van der Waals surface area contributed by atoms with Crippen LogP contribution >= 0.6 is 23.1 Å². The number of hydrogen-bond donors (Lipinski definition) is 0. The van der Waals surface area contributed by atoms with E-state index in [1.165, 1.54) is 22.2 Å². The molecule has 0 saturated carbocycles. The second kappa shape index (κ2) is 6.75. The SMILES string of the molecule is Cc1sc2ncnc(SCC(=O)N3CC(C)OC(C)C3)c2c1C. The molecule has 0 bridgehead atoms. The number of hydrogen-bond acceptors (Lipinski definition) is 6. The summed E-state index contributed by atoms with van der Waals surface area (Å²) in [5, 5.41) is 2.00. The average Bonchev–Trinajstić information content (AvgIpc) is 2.79. The minimum absolute atomic E-state index is 0.0974.